The zero-order valence-corrected chi connectivity index (χ0v) is 15.0. The van der Waals surface area contributed by atoms with E-state index in [-0.39, 0.29) is 24.1 Å². The SMILES string of the molecule is Cc1cc(N2CC(C)OC2=O)cc(C)c1N1CC(=O)N(C)C(C)C1. The number of piperazine rings is 1. The maximum atomic E-state index is 12.2. The highest BCUT2D eigenvalue weighted by Gasteiger charge is 2.32. The van der Waals surface area contributed by atoms with Crippen molar-refractivity contribution in [2.24, 2.45) is 0 Å². The molecule has 1 aromatic rings. The molecule has 6 heteroatoms. The average Bonchev–Trinajstić information content (AvgIpc) is 2.82. The van der Waals surface area contributed by atoms with Crippen molar-refractivity contribution < 1.29 is 14.3 Å². The van der Waals surface area contributed by atoms with Crippen LogP contribution >= 0.6 is 0 Å². The minimum atomic E-state index is -0.294. The first kappa shape index (κ1) is 16.6. The largest absolute Gasteiger partial charge is 0.444 e. The van der Waals surface area contributed by atoms with Gasteiger partial charge in [0.05, 0.1) is 13.1 Å². The summed E-state index contributed by atoms with van der Waals surface area (Å²) < 4.78 is 5.22. The number of hydrogen-bond acceptors (Lipinski definition) is 4. The molecule has 2 aliphatic heterocycles. The van der Waals surface area contributed by atoms with Gasteiger partial charge in [-0.15, -0.1) is 0 Å². The summed E-state index contributed by atoms with van der Waals surface area (Å²) in [5, 5.41) is 0. The second-order valence-corrected chi connectivity index (χ2v) is 6.97. The van der Waals surface area contributed by atoms with E-state index in [1.165, 1.54) is 0 Å². The van der Waals surface area contributed by atoms with Crippen molar-refractivity contribution in [2.45, 2.75) is 39.8 Å². The first-order chi connectivity index (χ1) is 11.3. The molecule has 2 heterocycles. The number of ether oxygens (including phenoxy) is 1. The molecule has 2 atom stereocenters. The Hall–Kier alpha value is -2.24. The van der Waals surface area contributed by atoms with Gasteiger partial charge in [-0.2, -0.15) is 0 Å². The summed E-state index contributed by atoms with van der Waals surface area (Å²) in [5.74, 6) is 0.133. The van der Waals surface area contributed by atoms with Gasteiger partial charge in [0.2, 0.25) is 5.91 Å². The van der Waals surface area contributed by atoms with E-state index in [2.05, 4.69) is 11.8 Å². The van der Waals surface area contributed by atoms with E-state index in [4.69, 9.17) is 4.74 Å². The molecule has 3 rings (SSSR count). The molecule has 1 aromatic carbocycles. The number of rotatable bonds is 2. The predicted molar refractivity (Wildman–Crippen MR) is 93.7 cm³/mol. The minimum absolute atomic E-state index is 0.0890. The van der Waals surface area contributed by atoms with E-state index >= 15 is 0 Å². The number of nitrogens with zero attached hydrogens (tertiary/aromatic N) is 3. The van der Waals surface area contributed by atoms with Crippen molar-refractivity contribution in [1.29, 1.82) is 0 Å². The fourth-order valence-corrected chi connectivity index (χ4v) is 3.60. The molecule has 0 N–H and O–H groups in total. The fraction of sp³-hybridized carbons (Fsp3) is 0.556. The number of likely N-dealkylation sites (N-methyl/N-ethyl adjacent to an activating group) is 1. The molecule has 2 aliphatic rings. The highest BCUT2D eigenvalue weighted by molar-refractivity contribution is 5.91. The highest BCUT2D eigenvalue weighted by atomic mass is 16.6. The van der Waals surface area contributed by atoms with Crippen molar-refractivity contribution in [2.75, 3.05) is 36.5 Å². The fourth-order valence-electron chi connectivity index (χ4n) is 3.60. The van der Waals surface area contributed by atoms with Crippen LogP contribution in [0.3, 0.4) is 0 Å². The van der Waals surface area contributed by atoms with Gasteiger partial charge in [-0.1, -0.05) is 0 Å². The number of hydrogen-bond donors (Lipinski definition) is 0. The molecule has 2 amide bonds. The van der Waals surface area contributed by atoms with Crippen molar-refractivity contribution in [3.05, 3.63) is 23.3 Å². The molecule has 6 nitrogen and oxygen atoms in total. The number of aryl methyl sites for hydroxylation is 2. The summed E-state index contributed by atoms with van der Waals surface area (Å²) in [5.41, 5.74) is 4.09. The standard InChI is InChI=1S/C18H25N3O3/c1-11-6-15(21-9-14(4)24-18(21)23)7-12(2)17(11)20-8-13(3)19(5)16(22)10-20/h6-7,13-14H,8-10H2,1-5H3. The van der Waals surface area contributed by atoms with Crippen LogP contribution in [0, 0.1) is 13.8 Å². The number of carbonyl (C=O) groups excluding carboxylic acids is 2. The van der Waals surface area contributed by atoms with Gasteiger partial charge < -0.3 is 14.5 Å². The zero-order valence-electron chi connectivity index (χ0n) is 15.0. The van der Waals surface area contributed by atoms with Gasteiger partial charge >= 0.3 is 6.09 Å². The lowest BCUT2D eigenvalue weighted by molar-refractivity contribution is -0.131. The van der Waals surface area contributed by atoms with Crippen molar-refractivity contribution in [3.63, 3.8) is 0 Å². The van der Waals surface area contributed by atoms with Gasteiger partial charge in [0.15, 0.2) is 0 Å². The summed E-state index contributed by atoms with van der Waals surface area (Å²) in [6, 6.07) is 4.20. The van der Waals surface area contributed by atoms with Crippen LogP contribution in [0.25, 0.3) is 0 Å². The quantitative estimate of drug-likeness (QED) is 0.834. The maximum absolute atomic E-state index is 12.2. The molecule has 2 saturated heterocycles. The van der Waals surface area contributed by atoms with E-state index in [0.717, 1.165) is 29.0 Å². The van der Waals surface area contributed by atoms with Crippen LogP contribution in [0.2, 0.25) is 0 Å². The van der Waals surface area contributed by atoms with Crippen molar-refractivity contribution >= 4 is 23.4 Å². The van der Waals surface area contributed by atoms with E-state index < -0.39 is 0 Å². The van der Waals surface area contributed by atoms with E-state index in [1.807, 2.05) is 40.0 Å². The summed E-state index contributed by atoms with van der Waals surface area (Å²) in [6.07, 6.45) is -0.383. The molecule has 130 valence electrons. The Bertz CT molecular complexity index is 665. The molecule has 0 radical (unpaired) electrons. The van der Waals surface area contributed by atoms with E-state index in [1.54, 1.807) is 9.80 Å². The van der Waals surface area contributed by atoms with Crippen LogP contribution in [-0.2, 0) is 9.53 Å². The van der Waals surface area contributed by atoms with Gasteiger partial charge in [0, 0.05) is 31.0 Å². The Morgan fingerprint density at radius 3 is 2.21 bits per heavy atom. The molecule has 0 aliphatic carbocycles. The summed E-state index contributed by atoms with van der Waals surface area (Å²) in [7, 11) is 1.85. The lowest BCUT2D eigenvalue weighted by Crippen LogP contribution is -2.54. The van der Waals surface area contributed by atoms with Crippen LogP contribution in [0.15, 0.2) is 12.1 Å². The molecule has 0 spiro atoms. The zero-order chi connectivity index (χ0) is 17.6. The first-order valence-electron chi connectivity index (χ1n) is 8.38. The molecule has 2 fully saturated rings. The number of benzene rings is 1. The third-order valence-electron chi connectivity index (χ3n) is 4.93. The topological polar surface area (TPSA) is 53.1 Å². The Balaban J connectivity index is 1.91. The molecule has 0 saturated carbocycles. The first-order valence-corrected chi connectivity index (χ1v) is 8.38. The van der Waals surface area contributed by atoms with E-state index in [0.29, 0.717) is 13.1 Å². The predicted octanol–water partition coefficient (Wildman–Crippen LogP) is 2.32. The molecule has 0 aromatic heterocycles. The van der Waals surface area contributed by atoms with Crippen LogP contribution < -0.4 is 9.80 Å². The summed E-state index contributed by atoms with van der Waals surface area (Å²) in [6.45, 7) is 9.79. The van der Waals surface area contributed by atoms with Gasteiger partial charge in [-0.05, 0) is 51.0 Å². The normalized spacial score (nSPS) is 24.6. The number of cyclic esters (lactones) is 1. The molecule has 2 unspecified atom stereocenters. The van der Waals surface area contributed by atoms with Gasteiger partial charge in [-0.25, -0.2) is 4.79 Å². The van der Waals surface area contributed by atoms with Crippen molar-refractivity contribution in [3.8, 4) is 0 Å². The number of amides is 2. The van der Waals surface area contributed by atoms with E-state index in [9.17, 15) is 9.59 Å². The van der Waals surface area contributed by atoms with Gasteiger partial charge in [0.25, 0.3) is 0 Å². The summed E-state index contributed by atoms with van der Waals surface area (Å²) >= 11 is 0. The lowest BCUT2D eigenvalue weighted by atomic mass is 10.0. The second-order valence-electron chi connectivity index (χ2n) is 6.97. The Morgan fingerprint density at radius 2 is 1.71 bits per heavy atom. The monoisotopic (exact) mass is 331 g/mol. The number of carbonyl (C=O) groups is 2. The maximum Gasteiger partial charge on any atom is 0.414 e. The molecule has 24 heavy (non-hydrogen) atoms. The highest BCUT2D eigenvalue weighted by Crippen LogP contribution is 2.33. The Kier molecular flexibility index (Phi) is 4.15. The molecular weight excluding hydrogens is 306 g/mol. The van der Waals surface area contributed by atoms with Crippen LogP contribution in [0.1, 0.15) is 25.0 Å². The summed E-state index contributed by atoms with van der Waals surface area (Å²) in [4.78, 5) is 29.8. The Morgan fingerprint density at radius 1 is 1.08 bits per heavy atom. The number of anilines is 2. The Labute approximate surface area is 143 Å². The van der Waals surface area contributed by atoms with Crippen LogP contribution in [0.4, 0.5) is 16.2 Å². The van der Waals surface area contributed by atoms with Crippen LogP contribution in [-0.4, -0.2) is 55.7 Å². The van der Waals surface area contributed by atoms with Crippen LogP contribution in [0.5, 0.6) is 0 Å². The average molecular weight is 331 g/mol. The third-order valence-corrected chi connectivity index (χ3v) is 4.93. The van der Waals surface area contributed by atoms with Crippen molar-refractivity contribution in [1.82, 2.24) is 4.90 Å². The third kappa shape index (κ3) is 2.81. The smallest absolute Gasteiger partial charge is 0.414 e. The lowest BCUT2D eigenvalue weighted by Gasteiger charge is -2.40. The molecule has 0 bridgehead atoms. The second kappa shape index (κ2) is 6.00. The van der Waals surface area contributed by atoms with Gasteiger partial charge in [0.1, 0.15) is 6.10 Å². The molecular formula is C18H25N3O3. The minimum Gasteiger partial charge on any atom is -0.444 e. The van der Waals surface area contributed by atoms with Gasteiger partial charge in [-0.3, -0.25) is 9.69 Å².